The van der Waals surface area contributed by atoms with Gasteiger partial charge in [0.2, 0.25) is 0 Å². The summed E-state index contributed by atoms with van der Waals surface area (Å²) in [6.45, 7) is 1.40. The minimum atomic E-state index is -0.706. The molecule has 0 aliphatic heterocycles. The van der Waals surface area contributed by atoms with E-state index in [-0.39, 0.29) is 11.3 Å². The zero-order valence-corrected chi connectivity index (χ0v) is 14.0. The highest BCUT2D eigenvalue weighted by Crippen LogP contribution is 2.22. The lowest BCUT2D eigenvalue weighted by atomic mass is 10.1. The number of aromatic hydroxyl groups is 1. The summed E-state index contributed by atoms with van der Waals surface area (Å²) in [5.74, 6) is -0.417. The lowest BCUT2D eigenvalue weighted by Crippen LogP contribution is -2.30. The van der Waals surface area contributed by atoms with Gasteiger partial charge in [-0.15, -0.1) is 0 Å². The Labute approximate surface area is 147 Å². The van der Waals surface area contributed by atoms with Crippen LogP contribution in [-0.2, 0) is 6.42 Å². The molecule has 2 aromatic carbocycles. The van der Waals surface area contributed by atoms with Crippen molar-refractivity contribution in [2.24, 2.45) is 5.73 Å². The summed E-state index contributed by atoms with van der Waals surface area (Å²) >= 11 is 0. The molecule has 6 nitrogen and oxygen atoms in total. The number of aliphatic hydroxyl groups excluding tert-OH is 1. The van der Waals surface area contributed by atoms with E-state index in [1.54, 1.807) is 6.07 Å². The third kappa shape index (κ3) is 6.45. The maximum Gasteiger partial charge on any atom is 0.252 e. The van der Waals surface area contributed by atoms with Crippen LogP contribution in [0.25, 0.3) is 0 Å². The Bertz CT molecular complexity index is 676. The number of aryl methyl sites for hydroxylation is 1. The number of nitrogens with two attached hydrogens (primary N) is 1. The highest BCUT2D eigenvalue weighted by molar-refractivity contribution is 5.95. The summed E-state index contributed by atoms with van der Waals surface area (Å²) in [7, 11) is 0. The zero-order valence-electron chi connectivity index (χ0n) is 14.0. The molecular weight excluding hydrogens is 320 g/mol. The number of benzene rings is 2. The Morgan fingerprint density at radius 3 is 2.68 bits per heavy atom. The summed E-state index contributed by atoms with van der Waals surface area (Å²) in [5.41, 5.74) is 6.41. The molecule has 2 aromatic rings. The number of hydrogen-bond donors (Lipinski definition) is 4. The number of amides is 1. The molecule has 0 aliphatic carbocycles. The van der Waals surface area contributed by atoms with E-state index in [0.29, 0.717) is 31.9 Å². The van der Waals surface area contributed by atoms with Crippen LogP contribution in [0.2, 0.25) is 0 Å². The number of carbonyl (C=O) groups is 1. The van der Waals surface area contributed by atoms with Crippen LogP contribution in [0.3, 0.4) is 0 Å². The molecule has 0 spiro atoms. The fourth-order valence-electron chi connectivity index (χ4n) is 2.39. The fraction of sp³-hybridized carbons (Fsp3) is 0.316. The summed E-state index contributed by atoms with van der Waals surface area (Å²) in [5, 5.41) is 22.6. The Kier molecular flexibility index (Phi) is 7.25. The maximum atomic E-state index is 11.2. The first-order valence-electron chi connectivity index (χ1n) is 8.24. The standard InChI is InChI=1S/C19H24N2O4/c20-19(24)17-12-16(8-9-18(17)23)25-11-10-21-13-15(22)7-6-14-4-2-1-3-5-14/h1-5,8-9,12,15,21-23H,6-7,10-11,13H2,(H2,20,24). The minimum Gasteiger partial charge on any atom is -0.507 e. The monoisotopic (exact) mass is 344 g/mol. The molecule has 5 N–H and O–H groups in total. The highest BCUT2D eigenvalue weighted by atomic mass is 16.5. The predicted molar refractivity (Wildman–Crippen MR) is 95.8 cm³/mol. The van der Waals surface area contributed by atoms with Crippen molar-refractivity contribution in [3.63, 3.8) is 0 Å². The average Bonchev–Trinajstić information content (AvgIpc) is 2.61. The molecule has 0 bridgehead atoms. The van der Waals surface area contributed by atoms with Gasteiger partial charge in [-0.1, -0.05) is 30.3 Å². The van der Waals surface area contributed by atoms with Crippen molar-refractivity contribution < 1.29 is 19.7 Å². The molecule has 2 rings (SSSR count). The van der Waals surface area contributed by atoms with Gasteiger partial charge in [-0.25, -0.2) is 0 Å². The van der Waals surface area contributed by atoms with E-state index in [2.05, 4.69) is 5.32 Å². The fourth-order valence-corrected chi connectivity index (χ4v) is 2.39. The first-order chi connectivity index (χ1) is 12.1. The molecular formula is C19H24N2O4. The van der Waals surface area contributed by atoms with Crippen LogP contribution < -0.4 is 15.8 Å². The number of carbonyl (C=O) groups excluding carboxylic acids is 1. The van der Waals surface area contributed by atoms with Gasteiger partial charge in [0.05, 0.1) is 11.7 Å². The van der Waals surface area contributed by atoms with Crippen molar-refractivity contribution >= 4 is 5.91 Å². The predicted octanol–water partition coefficient (Wildman–Crippen LogP) is 1.45. The van der Waals surface area contributed by atoms with Gasteiger partial charge >= 0.3 is 0 Å². The largest absolute Gasteiger partial charge is 0.507 e. The normalized spacial score (nSPS) is 11.9. The van der Waals surface area contributed by atoms with Gasteiger partial charge < -0.3 is 26.0 Å². The highest BCUT2D eigenvalue weighted by Gasteiger charge is 2.09. The van der Waals surface area contributed by atoms with Gasteiger partial charge in [0.15, 0.2) is 0 Å². The molecule has 0 saturated carbocycles. The van der Waals surface area contributed by atoms with Crippen molar-refractivity contribution in [2.75, 3.05) is 19.7 Å². The first-order valence-corrected chi connectivity index (χ1v) is 8.24. The van der Waals surface area contributed by atoms with Crippen molar-refractivity contribution in [3.8, 4) is 11.5 Å². The van der Waals surface area contributed by atoms with Crippen LogP contribution in [0.15, 0.2) is 48.5 Å². The lowest BCUT2D eigenvalue weighted by Gasteiger charge is -2.13. The Morgan fingerprint density at radius 1 is 1.20 bits per heavy atom. The number of nitrogens with one attached hydrogen (secondary N) is 1. The third-order valence-electron chi connectivity index (χ3n) is 3.77. The quantitative estimate of drug-likeness (QED) is 0.488. The van der Waals surface area contributed by atoms with Gasteiger partial charge in [-0.05, 0) is 36.6 Å². The third-order valence-corrected chi connectivity index (χ3v) is 3.77. The second kappa shape index (κ2) is 9.66. The molecule has 1 unspecified atom stereocenters. The zero-order chi connectivity index (χ0) is 18.1. The van der Waals surface area contributed by atoms with E-state index in [0.717, 1.165) is 6.42 Å². The van der Waals surface area contributed by atoms with E-state index >= 15 is 0 Å². The lowest BCUT2D eigenvalue weighted by molar-refractivity contribution is 0.0997. The van der Waals surface area contributed by atoms with E-state index in [9.17, 15) is 15.0 Å². The van der Waals surface area contributed by atoms with Gasteiger partial charge in [0.25, 0.3) is 5.91 Å². The number of ether oxygens (including phenoxy) is 1. The van der Waals surface area contributed by atoms with Crippen molar-refractivity contribution in [1.29, 1.82) is 0 Å². The smallest absolute Gasteiger partial charge is 0.252 e. The molecule has 134 valence electrons. The molecule has 0 radical (unpaired) electrons. The van der Waals surface area contributed by atoms with Crippen LogP contribution >= 0.6 is 0 Å². The topological polar surface area (TPSA) is 105 Å². The van der Waals surface area contributed by atoms with Crippen LogP contribution in [-0.4, -0.2) is 41.9 Å². The Hall–Kier alpha value is -2.57. The summed E-state index contributed by atoms with van der Waals surface area (Å²) < 4.78 is 5.50. The van der Waals surface area contributed by atoms with Crippen LogP contribution in [0.4, 0.5) is 0 Å². The maximum absolute atomic E-state index is 11.2. The number of primary amides is 1. The van der Waals surface area contributed by atoms with E-state index in [1.807, 2.05) is 30.3 Å². The van der Waals surface area contributed by atoms with Gasteiger partial charge in [-0.2, -0.15) is 0 Å². The second-order valence-electron chi connectivity index (χ2n) is 5.77. The molecule has 0 saturated heterocycles. The molecule has 6 heteroatoms. The van der Waals surface area contributed by atoms with Crippen molar-refractivity contribution in [2.45, 2.75) is 18.9 Å². The van der Waals surface area contributed by atoms with Crippen LogP contribution in [0, 0.1) is 0 Å². The number of rotatable bonds is 10. The number of phenols is 1. The molecule has 1 atom stereocenters. The van der Waals surface area contributed by atoms with E-state index in [1.165, 1.54) is 17.7 Å². The molecule has 0 aromatic heterocycles. The Balaban J connectivity index is 1.63. The van der Waals surface area contributed by atoms with Gasteiger partial charge in [0.1, 0.15) is 18.1 Å². The summed E-state index contributed by atoms with van der Waals surface area (Å²) in [4.78, 5) is 11.2. The molecule has 25 heavy (non-hydrogen) atoms. The summed E-state index contributed by atoms with van der Waals surface area (Å²) in [6.07, 6.45) is 1.11. The Morgan fingerprint density at radius 2 is 1.96 bits per heavy atom. The number of aliphatic hydroxyl groups is 1. The van der Waals surface area contributed by atoms with Gasteiger partial charge in [-0.3, -0.25) is 4.79 Å². The molecule has 1 amide bonds. The first kappa shape index (κ1) is 18.8. The van der Waals surface area contributed by atoms with Gasteiger partial charge in [0, 0.05) is 13.1 Å². The molecule has 0 fully saturated rings. The molecule has 0 heterocycles. The molecule has 0 aliphatic rings. The van der Waals surface area contributed by atoms with E-state index in [4.69, 9.17) is 10.5 Å². The van der Waals surface area contributed by atoms with Crippen molar-refractivity contribution in [1.82, 2.24) is 5.32 Å². The van der Waals surface area contributed by atoms with Crippen molar-refractivity contribution in [3.05, 3.63) is 59.7 Å². The SMILES string of the molecule is NC(=O)c1cc(OCCNCC(O)CCc2ccccc2)ccc1O. The van der Waals surface area contributed by atoms with Crippen LogP contribution in [0.1, 0.15) is 22.3 Å². The summed E-state index contributed by atoms with van der Waals surface area (Å²) in [6, 6.07) is 14.4. The van der Waals surface area contributed by atoms with Crippen LogP contribution in [0.5, 0.6) is 11.5 Å². The average molecular weight is 344 g/mol. The van der Waals surface area contributed by atoms with E-state index < -0.39 is 12.0 Å². The minimum absolute atomic E-state index is 0.0294. The number of hydrogen-bond acceptors (Lipinski definition) is 5. The second-order valence-corrected chi connectivity index (χ2v) is 5.77.